The van der Waals surface area contributed by atoms with Gasteiger partial charge in [0.1, 0.15) is 0 Å². The van der Waals surface area contributed by atoms with Gasteiger partial charge in [0, 0.05) is 31.8 Å². The Morgan fingerprint density at radius 3 is 2.80 bits per heavy atom. The first kappa shape index (κ1) is 15.0. The highest BCUT2D eigenvalue weighted by molar-refractivity contribution is 7.18. The topological polar surface area (TPSA) is 75.3 Å². The predicted octanol–water partition coefficient (Wildman–Crippen LogP) is 1.76. The Hall–Kier alpha value is -1.40. The average molecular weight is 315 g/mol. The Balaban J connectivity index is 1.72. The summed E-state index contributed by atoms with van der Waals surface area (Å²) in [4.78, 5) is 35.1. The zero-order chi connectivity index (χ0) is 14.5. The van der Waals surface area contributed by atoms with E-state index in [4.69, 9.17) is 11.6 Å². The number of carbonyl (C=O) groups excluding carboxylic acids is 3. The molecule has 5 nitrogen and oxygen atoms in total. The van der Waals surface area contributed by atoms with E-state index in [0.717, 1.165) is 0 Å². The average Bonchev–Trinajstić information content (AvgIpc) is 2.85. The first-order chi connectivity index (χ1) is 9.54. The Morgan fingerprint density at radius 2 is 2.20 bits per heavy atom. The molecule has 1 saturated heterocycles. The molecule has 1 unspecified atom stereocenters. The van der Waals surface area contributed by atoms with Gasteiger partial charge in [0.2, 0.25) is 11.8 Å². The van der Waals surface area contributed by atoms with Crippen LogP contribution in [0.15, 0.2) is 12.1 Å². The highest BCUT2D eigenvalue weighted by atomic mass is 35.5. The molecule has 0 bridgehead atoms. The van der Waals surface area contributed by atoms with Gasteiger partial charge in [-0.3, -0.25) is 14.4 Å². The number of piperidine rings is 1. The molecule has 1 atom stereocenters. The van der Waals surface area contributed by atoms with E-state index in [1.165, 1.54) is 11.3 Å². The van der Waals surface area contributed by atoms with Crippen molar-refractivity contribution in [1.82, 2.24) is 10.6 Å². The van der Waals surface area contributed by atoms with Crippen molar-refractivity contribution in [3.05, 3.63) is 21.3 Å². The molecule has 2 N–H and O–H groups in total. The fourth-order valence-corrected chi connectivity index (χ4v) is 2.98. The smallest absolute Gasteiger partial charge is 0.220 e. The number of hydrogen-bond acceptors (Lipinski definition) is 4. The molecule has 2 rings (SSSR count). The lowest BCUT2D eigenvalue weighted by Crippen LogP contribution is -2.47. The quantitative estimate of drug-likeness (QED) is 0.813. The van der Waals surface area contributed by atoms with E-state index in [9.17, 15) is 14.4 Å². The van der Waals surface area contributed by atoms with Gasteiger partial charge in [-0.25, -0.2) is 0 Å². The summed E-state index contributed by atoms with van der Waals surface area (Å²) in [6.45, 7) is 0.457. The van der Waals surface area contributed by atoms with Crippen LogP contribution in [0.2, 0.25) is 4.34 Å². The van der Waals surface area contributed by atoms with Crippen molar-refractivity contribution < 1.29 is 14.4 Å². The summed E-state index contributed by atoms with van der Waals surface area (Å²) in [7, 11) is 0. The summed E-state index contributed by atoms with van der Waals surface area (Å²) in [5.41, 5.74) is 0. The van der Waals surface area contributed by atoms with Crippen molar-refractivity contribution in [2.75, 3.05) is 6.54 Å². The second-order valence-corrected chi connectivity index (χ2v) is 6.35. The lowest BCUT2D eigenvalue weighted by molar-refractivity contribution is -0.125. The van der Waals surface area contributed by atoms with E-state index in [1.54, 1.807) is 12.1 Å². The summed E-state index contributed by atoms with van der Waals surface area (Å²) in [5, 5.41) is 5.52. The lowest BCUT2D eigenvalue weighted by Gasteiger charge is -2.23. The molecule has 108 valence electrons. The third-order valence-corrected chi connectivity index (χ3v) is 4.33. The van der Waals surface area contributed by atoms with Crippen molar-refractivity contribution in [2.45, 2.75) is 31.7 Å². The molecule has 0 spiro atoms. The van der Waals surface area contributed by atoms with Gasteiger partial charge in [-0.15, -0.1) is 11.3 Å². The number of halogens is 1. The third-order valence-electron chi connectivity index (χ3n) is 3.06. The molecule has 0 radical (unpaired) electrons. The van der Waals surface area contributed by atoms with Crippen LogP contribution in [0.5, 0.6) is 0 Å². The molecule has 20 heavy (non-hydrogen) atoms. The van der Waals surface area contributed by atoms with Crippen molar-refractivity contribution in [1.29, 1.82) is 0 Å². The lowest BCUT2D eigenvalue weighted by atomic mass is 10.1. The van der Waals surface area contributed by atoms with Crippen LogP contribution in [0.3, 0.4) is 0 Å². The first-order valence-electron chi connectivity index (χ1n) is 6.39. The van der Waals surface area contributed by atoms with Gasteiger partial charge in [-0.2, -0.15) is 0 Å². The third kappa shape index (κ3) is 4.31. The number of thiophene rings is 1. The maximum Gasteiger partial charge on any atom is 0.220 e. The van der Waals surface area contributed by atoms with Crippen molar-refractivity contribution in [3.63, 3.8) is 0 Å². The van der Waals surface area contributed by atoms with Crippen LogP contribution in [-0.4, -0.2) is 30.2 Å². The van der Waals surface area contributed by atoms with Gasteiger partial charge in [0.25, 0.3) is 0 Å². The molecular formula is C13H15ClN2O3S. The summed E-state index contributed by atoms with van der Waals surface area (Å²) < 4.78 is 0.566. The van der Waals surface area contributed by atoms with E-state index >= 15 is 0 Å². The molecule has 2 heterocycles. The maximum atomic E-state index is 11.8. The van der Waals surface area contributed by atoms with E-state index in [-0.39, 0.29) is 36.5 Å². The number of carbonyl (C=O) groups is 3. The molecule has 1 aromatic heterocycles. The number of hydrogen-bond donors (Lipinski definition) is 2. The van der Waals surface area contributed by atoms with Crippen LogP contribution in [0.25, 0.3) is 0 Å². The monoisotopic (exact) mass is 314 g/mol. The minimum Gasteiger partial charge on any atom is -0.354 e. The fraction of sp³-hybridized carbons (Fsp3) is 0.462. The Morgan fingerprint density at radius 1 is 1.40 bits per heavy atom. The van der Waals surface area contributed by atoms with Crippen LogP contribution in [-0.2, 0) is 9.59 Å². The maximum absolute atomic E-state index is 11.8. The molecule has 1 aromatic rings. The van der Waals surface area contributed by atoms with E-state index in [0.29, 0.717) is 28.6 Å². The summed E-state index contributed by atoms with van der Waals surface area (Å²) in [6, 6.07) is 3.31. The second kappa shape index (κ2) is 6.85. The van der Waals surface area contributed by atoms with Gasteiger partial charge in [0.05, 0.1) is 9.21 Å². The standard InChI is InChI=1S/C13H15ClN2O3S/c14-11-4-3-10(20-11)9(17)2-6-13(19)16-8-1-5-12(18)15-7-8/h3-4,8H,1-2,5-7H2,(H,15,18)(H,16,19). The number of rotatable bonds is 5. The molecule has 0 saturated carbocycles. The summed E-state index contributed by atoms with van der Waals surface area (Å²) >= 11 is 6.98. The van der Waals surface area contributed by atoms with E-state index in [2.05, 4.69) is 10.6 Å². The summed E-state index contributed by atoms with van der Waals surface area (Å²) in [5.74, 6) is -0.226. The highest BCUT2D eigenvalue weighted by Gasteiger charge is 2.20. The zero-order valence-corrected chi connectivity index (χ0v) is 12.4. The van der Waals surface area contributed by atoms with Crippen molar-refractivity contribution >= 4 is 40.5 Å². The fourth-order valence-electron chi connectivity index (χ4n) is 1.97. The number of amides is 2. The predicted molar refractivity (Wildman–Crippen MR) is 77.1 cm³/mol. The van der Waals surface area contributed by atoms with E-state index in [1.807, 2.05) is 0 Å². The minimum atomic E-state index is -0.165. The van der Waals surface area contributed by atoms with Gasteiger partial charge >= 0.3 is 0 Å². The molecule has 1 aliphatic heterocycles. The number of ketones is 1. The SMILES string of the molecule is O=C1CCC(NC(=O)CCC(=O)c2ccc(Cl)s2)CN1. The summed E-state index contributed by atoms with van der Waals surface area (Å²) in [6.07, 6.45) is 1.39. The Bertz CT molecular complexity index is 519. The Labute approximate surface area is 125 Å². The van der Waals surface area contributed by atoms with Crippen LogP contribution in [0.4, 0.5) is 0 Å². The van der Waals surface area contributed by atoms with Crippen molar-refractivity contribution in [3.8, 4) is 0 Å². The zero-order valence-electron chi connectivity index (χ0n) is 10.8. The second-order valence-electron chi connectivity index (χ2n) is 4.63. The molecular weight excluding hydrogens is 300 g/mol. The largest absolute Gasteiger partial charge is 0.354 e. The molecule has 1 aliphatic rings. The molecule has 0 aromatic carbocycles. The molecule has 7 heteroatoms. The number of nitrogens with one attached hydrogen (secondary N) is 2. The van der Waals surface area contributed by atoms with Crippen LogP contribution in [0, 0.1) is 0 Å². The normalized spacial score (nSPS) is 18.4. The first-order valence-corrected chi connectivity index (χ1v) is 7.58. The van der Waals surface area contributed by atoms with Crippen molar-refractivity contribution in [2.24, 2.45) is 0 Å². The molecule has 2 amide bonds. The van der Waals surface area contributed by atoms with E-state index < -0.39 is 0 Å². The van der Waals surface area contributed by atoms with Crippen LogP contribution in [0.1, 0.15) is 35.4 Å². The highest BCUT2D eigenvalue weighted by Crippen LogP contribution is 2.22. The molecule has 1 fully saturated rings. The van der Waals surface area contributed by atoms with Gasteiger partial charge in [-0.05, 0) is 18.6 Å². The minimum absolute atomic E-state index is 0.0141. The van der Waals surface area contributed by atoms with Crippen LogP contribution >= 0.6 is 22.9 Å². The Kier molecular flexibility index (Phi) is 5.14. The van der Waals surface area contributed by atoms with Gasteiger partial charge in [-0.1, -0.05) is 11.6 Å². The van der Waals surface area contributed by atoms with Gasteiger partial charge in [0.15, 0.2) is 5.78 Å². The van der Waals surface area contributed by atoms with Gasteiger partial charge < -0.3 is 10.6 Å². The molecule has 0 aliphatic carbocycles. The van der Waals surface area contributed by atoms with Crippen LogP contribution < -0.4 is 10.6 Å². The number of Topliss-reactive ketones (excluding diaryl/α,β-unsaturated/α-hetero) is 1.